The average molecular weight is 210 g/mol. The third-order valence-corrected chi connectivity index (χ3v) is 4.41. The SMILES string of the molecule is CCOC1CC(N2CC3CNCC3C2)C1. The van der Waals surface area contributed by atoms with Gasteiger partial charge >= 0.3 is 0 Å². The Kier molecular flexibility index (Phi) is 2.71. The van der Waals surface area contributed by atoms with Crippen LogP contribution in [0.1, 0.15) is 19.8 Å². The third kappa shape index (κ3) is 1.81. The van der Waals surface area contributed by atoms with Gasteiger partial charge < -0.3 is 10.1 Å². The molecular formula is C12H22N2O. The first-order valence-corrected chi connectivity index (χ1v) is 6.43. The Bertz CT molecular complexity index is 216. The van der Waals surface area contributed by atoms with Crippen LogP contribution >= 0.6 is 0 Å². The molecule has 0 spiro atoms. The molecule has 0 bridgehead atoms. The summed E-state index contributed by atoms with van der Waals surface area (Å²) >= 11 is 0. The van der Waals surface area contributed by atoms with E-state index in [0.717, 1.165) is 24.5 Å². The molecule has 3 fully saturated rings. The van der Waals surface area contributed by atoms with Crippen LogP contribution in [-0.4, -0.2) is 49.8 Å². The second-order valence-electron chi connectivity index (χ2n) is 5.33. The lowest BCUT2D eigenvalue weighted by Crippen LogP contribution is -2.47. The van der Waals surface area contributed by atoms with E-state index < -0.39 is 0 Å². The number of hydrogen-bond donors (Lipinski definition) is 1. The second-order valence-corrected chi connectivity index (χ2v) is 5.33. The van der Waals surface area contributed by atoms with E-state index in [-0.39, 0.29) is 0 Å². The lowest BCUT2D eigenvalue weighted by Gasteiger charge is -2.41. The summed E-state index contributed by atoms with van der Waals surface area (Å²) < 4.78 is 5.62. The molecule has 2 atom stereocenters. The average Bonchev–Trinajstić information content (AvgIpc) is 2.69. The maximum Gasteiger partial charge on any atom is 0.0604 e. The van der Waals surface area contributed by atoms with Crippen molar-refractivity contribution in [1.82, 2.24) is 10.2 Å². The number of likely N-dealkylation sites (tertiary alicyclic amines) is 1. The fourth-order valence-electron chi connectivity index (χ4n) is 3.40. The van der Waals surface area contributed by atoms with Crippen LogP contribution < -0.4 is 5.32 Å². The monoisotopic (exact) mass is 210 g/mol. The summed E-state index contributed by atoms with van der Waals surface area (Å²) in [5.74, 6) is 1.88. The lowest BCUT2D eigenvalue weighted by molar-refractivity contribution is -0.0423. The van der Waals surface area contributed by atoms with E-state index in [0.29, 0.717) is 6.10 Å². The molecule has 3 aliphatic rings. The van der Waals surface area contributed by atoms with Crippen LogP contribution in [0, 0.1) is 11.8 Å². The van der Waals surface area contributed by atoms with Gasteiger partial charge in [-0.2, -0.15) is 0 Å². The highest BCUT2D eigenvalue weighted by Crippen LogP contribution is 2.35. The molecule has 15 heavy (non-hydrogen) atoms. The van der Waals surface area contributed by atoms with Gasteiger partial charge in [0.2, 0.25) is 0 Å². The zero-order chi connectivity index (χ0) is 10.3. The molecule has 1 aliphatic carbocycles. The minimum atomic E-state index is 0.568. The highest BCUT2D eigenvalue weighted by Gasteiger charge is 2.42. The summed E-state index contributed by atoms with van der Waals surface area (Å²) in [6, 6.07) is 0.840. The van der Waals surface area contributed by atoms with Crippen LogP contribution in [0.25, 0.3) is 0 Å². The smallest absolute Gasteiger partial charge is 0.0604 e. The third-order valence-electron chi connectivity index (χ3n) is 4.41. The van der Waals surface area contributed by atoms with Crippen LogP contribution in [0.4, 0.5) is 0 Å². The summed E-state index contributed by atoms with van der Waals surface area (Å²) in [6.45, 7) is 8.15. The molecule has 1 N–H and O–H groups in total. The van der Waals surface area contributed by atoms with Gasteiger partial charge in [-0.25, -0.2) is 0 Å². The van der Waals surface area contributed by atoms with Crippen LogP contribution in [-0.2, 0) is 4.74 Å². The van der Waals surface area contributed by atoms with Gasteiger partial charge in [-0.05, 0) is 44.7 Å². The van der Waals surface area contributed by atoms with Crippen molar-refractivity contribution in [1.29, 1.82) is 0 Å². The molecule has 2 heterocycles. The normalized spacial score (nSPS) is 45.4. The quantitative estimate of drug-likeness (QED) is 0.742. The Morgan fingerprint density at radius 3 is 2.47 bits per heavy atom. The van der Waals surface area contributed by atoms with Crippen molar-refractivity contribution in [2.75, 3.05) is 32.8 Å². The summed E-state index contributed by atoms with van der Waals surface area (Å²) in [4.78, 5) is 2.71. The minimum absolute atomic E-state index is 0.568. The highest BCUT2D eigenvalue weighted by molar-refractivity contribution is 4.97. The van der Waals surface area contributed by atoms with E-state index >= 15 is 0 Å². The predicted molar refractivity (Wildman–Crippen MR) is 59.9 cm³/mol. The van der Waals surface area contributed by atoms with Crippen molar-refractivity contribution < 1.29 is 4.74 Å². The minimum Gasteiger partial charge on any atom is -0.378 e. The second kappa shape index (κ2) is 4.04. The number of ether oxygens (including phenoxy) is 1. The van der Waals surface area contributed by atoms with Gasteiger partial charge in [0.15, 0.2) is 0 Å². The molecule has 0 aromatic rings. The van der Waals surface area contributed by atoms with Crippen LogP contribution in [0.2, 0.25) is 0 Å². The lowest BCUT2D eigenvalue weighted by atomic mass is 9.88. The number of nitrogens with one attached hydrogen (secondary N) is 1. The van der Waals surface area contributed by atoms with Crippen LogP contribution in [0.3, 0.4) is 0 Å². The van der Waals surface area contributed by atoms with Gasteiger partial charge in [-0.3, -0.25) is 4.90 Å². The van der Waals surface area contributed by atoms with E-state index in [1.54, 1.807) is 0 Å². The zero-order valence-electron chi connectivity index (χ0n) is 9.61. The summed E-state index contributed by atoms with van der Waals surface area (Å²) in [5, 5.41) is 3.50. The fourth-order valence-corrected chi connectivity index (χ4v) is 3.40. The summed E-state index contributed by atoms with van der Waals surface area (Å²) in [5.41, 5.74) is 0. The van der Waals surface area contributed by atoms with Gasteiger partial charge in [0.1, 0.15) is 0 Å². The first-order chi connectivity index (χ1) is 7.36. The Labute approximate surface area is 92.2 Å². The van der Waals surface area contributed by atoms with Crippen molar-refractivity contribution in [3.8, 4) is 0 Å². The molecule has 0 amide bonds. The van der Waals surface area contributed by atoms with Gasteiger partial charge in [0.05, 0.1) is 6.10 Å². The van der Waals surface area contributed by atoms with Crippen molar-refractivity contribution in [3.05, 3.63) is 0 Å². The van der Waals surface area contributed by atoms with E-state index in [1.165, 1.54) is 39.0 Å². The Hall–Kier alpha value is -0.120. The number of rotatable bonds is 3. The van der Waals surface area contributed by atoms with E-state index in [9.17, 15) is 0 Å². The van der Waals surface area contributed by atoms with Crippen molar-refractivity contribution in [2.24, 2.45) is 11.8 Å². The Morgan fingerprint density at radius 2 is 1.87 bits per heavy atom. The van der Waals surface area contributed by atoms with Crippen LogP contribution in [0.15, 0.2) is 0 Å². The highest BCUT2D eigenvalue weighted by atomic mass is 16.5. The molecule has 2 saturated heterocycles. The molecular weight excluding hydrogens is 188 g/mol. The topological polar surface area (TPSA) is 24.5 Å². The van der Waals surface area contributed by atoms with E-state index in [2.05, 4.69) is 17.1 Å². The van der Waals surface area contributed by atoms with Crippen LogP contribution in [0.5, 0.6) is 0 Å². The van der Waals surface area contributed by atoms with Gasteiger partial charge in [0, 0.05) is 25.7 Å². The fraction of sp³-hybridized carbons (Fsp3) is 1.00. The molecule has 3 rings (SSSR count). The summed E-state index contributed by atoms with van der Waals surface area (Å²) in [6.07, 6.45) is 3.13. The summed E-state index contributed by atoms with van der Waals surface area (Å²) in [7, 11) is 0. The molecule has 2 unspecified atom stereocenters. The van der Waals surface area contributed by atoms with Crippen molar-refractivity contribution >= 4 is 0 Å². The van der Waals surface area contributed by atoms with Gasteiger partial charge in [-0.15, -0.1) is 0 Å². The predicted octanol–water partition coefficient (Wildman–Crippen LogP) is 0.705. The maximum atomic E-state index is 5.62. The molecule has 1 saturated carbocycles. The number of hydrogen-bond acceptors (Lipinski definition) is 3. The Morgan fingerprint density at radius 1 is 1.20 bits per heavy atom. The van der Waals surface area contributed by atoms with Crippen molar-refractivity contribution in [3.63, 3.8) is 0 Å². The largest absolute Gasteiger partial charge is 0.378 e. The maximum absolute atomic E-state index is 5.62. The number of nitrogens with zero attached hydrogens (tertiary/aromatic N) is 1. The first kappa shape index (κ1) is 10.1. The standard InChI is InChI=1S/C12H22N2O/c1-2-15-12-3-11(4-12)14-7-9-5-13-6-10(9)8-14/h9-13H,2-8H2,1H3. The van der Waals surface area contributed by atoms with Crippen molar-refractivity contribution in [2.45, 2.75) is 31.9 Å². The molecule has 2 aliphatic heterocycles. The van der Waals surface area contributed by atoms with E-state index in [1.807, 2.05) is 0 Å². The number of fused-ring (bicyclic) bond motifs is 1. The van der Waals surface area contributed by atoms with Gasteiger partial charge in [0.25, 0.3) is 0 Å². The molecule has 0 aromatic heterocycles. The zero-order valence-corrected chi connectivity index (χ0v) is 9.61. The molecule has 0 aromatic carbocycles. The van der Waals surface area contributed by atoms with E-state index in [4.69, 9.17) is 4.74 Å². The first-order valence-electron chi connectivity index (χ1n) is 6.43. The van der Waals surface area contributed by atoms with Gasteiger partial charge in [-0.1, -0.05) is 0 Å². The molecule has 3 nitrogen and oxygen atoms in total. The molecule has 3 heteroatoms. The Balaban J connectivity index is 1.46. The molecule has 0 radical (unpaired) electrons. The molecule has 86 valence electrons.